The van der Waals surface area contributed by atoms with Crippen LogP contribution in [0.3, 0.4) is 0 Å². The Morgan fingerprint density at radius 3 is 2.78 bits per heavy atom. The number of nitrogens with zero attached hydrogens (tertiary/aromatic N) is 1. The fourth-order valence-corrected chi connectivity index (χ4v) is 2.02. The fraction of sp³-hybridized carbons (Fsp3) is 0.273. The number of hydrogen-bond donors (Lipinski definition) is 1. The molecule has 0 aromatic heterocycles. The molecule has 1 aromatic carbocycles. The summed E-state index contributed by atoms with van der Waals surface area (Å²) in [6.07, 6.45) is 0. The van der Waals surface area contributed by atoms with Crippen molar-refractivity contribution in [1.82, 2.24) is 0 Å². The van der Waals surface area contributed by atoms with E-state index in [4.69, 9.17) is 27.9 Å². The summed E-state index contributed by atoms with van der Waals surface area (Å²) < 4.78 is 5.54. The Labute approximate surface area is 123 Å². The highest BCUT2D eigenvalue weighted by Crippen LogP contribution is 2.33. The lowest BCUT2D eigenvalue weighted by atomic mass is 10.3. The van der Waals surface area contributed by atoms with E-state index in [1.807, 2.05) is 0 Å². The lowest BCUT2D eigenvalue weighted by Gasteiger charge is -2.07. The number of esters is 1. The number of halogens is 3. The molecule has 1 N–H and O–H groups in total. The van der Waals surface area contributed by atoms with E-state index in [1.165, 1.54) is 0 Å². The predicted molar refractivity (Wildman–Crippen MR) is 77.5 cm³/mol. The van der Waals surface area contributed by atoms with Crippen molar-refractivity contribution in [3.63, 3.8) is 0 Å². The molecule has 0 heterocycles. The Bertz CT molecular complexity index is 492. The summed E-state index contributed by atoms with van der Waals surface area (Å²) in [6.45, 7) is 3.57. The number of nitrogens with one attached hydrogen (secondary N) is 1. The van der Waals surface area contributed by atoms with Crippen LogP contribution in [0.5, 0.6) is 0 Å². The normalized spacial score (nSPS) is 11.3. The quantitative estimate of drug-likeness (QED) is 0.383. The van der Waals surface area contributed by atoms with Crippen molar-refractivity contribution in [3.05, 3.63) is 26.7 Å². The van der Waals surface area contributed by atoms with Gasteiger partial charge in [-0.15, -0.1) is 0 Å². The van der Waals surface area contributed by atoms with E-state index < -0.39 is 5.97 Å². The van der Waals surface area contributed by atoms with E-state index >= 15 is 0 Å². The van der Waals surface area contributed by atoms with Crippen molar-refractivity contribution in [3.8, 4) is 0 Å². The Kier molecular flexibility index (Phi) is 5.91. The molecule has 0 aliphatic rings. The minimum atomic E-state index is -0.484. The first-order chi connectivity index (χ1) is 8.45. The molecule has 18 heavy (non-hydrogen) atoms. The summed E-state index contributed by atoms with van der Waals surface area (Å²) in [7, 11) is 0. The Morgan fingerprint density at radius 2 is 2.17 bits per heavy atom. The smallest absolute Gasteiger partial charge is 0.354 e. The van der Waals surface area contributed by atoms with Crippen molar-refractivity contribution < 1.29 is 9.53 Å². The van der Waals surface area contributed by atoms with E-state index in [9.17, 15) is 4.79 Å². The summed E-state index contributed by atoms with van der Waals surface area (Å²) in [4.78, 5) is 11.3. The van der Waals surface area contributed by atoms with Crippen LogP contribution in [0.25, 0.3) is 0 Å². The van der Waals surface area contributed by atoms with Crippen LogP contribution >= 0.6 is 39.1 Å². The molecule has 1 rings (SSSR count). The first-order valence-corrected chi connectivity index (χ1v) is 6.62. The molecule has 4 nitrogen and oxygen atoms in total. The molecule has 7 heteroatoms. The molecule has 0 unspecified atom stereocenters. The van der Waals surface area contributed by atoms with Gasteiger partial charge in [0.1, 0.15) is 5.71 Å². The zero-order chi connectivity index (χ0) is 13.7. The van der Waals surface area contributed by atoms with E-state index in [0.717, 1.165) is 4.47 Å². The van der Waals surface area contributed by atoms with Gasteiger partial charge in [0.05, 0.1) is 22.3 Å². The van der Waals surface area contributed by atoms with Gasteiger partial charge in [-0.1, -0.05) is 39.1 Å². The molecular weight excluding hydrogens is 343 g/mol. The molecule has 0 bridgehead atoms. The van der Waals surface area contributed by atoms with E-state index in [1.54, 1.807) is 26.0 Å². The Hall–Kier alpha value is -0.780. The van der Waals surface area contributed by atoms with Crippen molar-refractivity contribution >= 4 is 56.5 Å². The lowest BCUT2D eigenvalue weighted by Crippen LogP contribution is -2.15. The van der Waals surface area contributed by atoms with Crippen LogP contribution in [0.1, 0.15) is 13.8 Å². The van der Waals surface area contributed by atoms with Gasteiger partial charge in [0.25, 0.3) is 0 Å². The van der Waals surface area contributed by atoms with E-state index in [0.29, 0.717) is 22.3 Å². The number of benzene rings is 1. The van der Waals surface area contributed by atoms with Gasteiger partial charge >= 0.3 is 5.97 Å². The topological polar surface area (TPSA) is 50.7 Å². The van der Waals surface area contributed by atoms with Gasteiger partial charge in [0, 0.05) is 4.47 Å². The van der Waals surface area contributed by atoms with Crippen LogP contribution in [-0.4, -0.2) is 18.3 Å². The number of carbonyl (C=O) groups excluding carboxylic acids is 1. The van der Waals surface area contributed by atoms with Gasteiger partial charge in [-0.3, -0.25) is 5.43 Å². The number of anilines is 1. The molecule has 0 saturated heterocycles. The van der Waals surface area contributed by atoms with E-state index in [2.05, 4.69) is 26.5 Å². The standard InChI is InChI=1S/C11H11BrCl2N2O2/c1-3-18-11(17)6(2)15-16-9-5-7(12)4-8(13)10(9)14/h4-5,16H,3H2,1-2H3/b15-6+. The number of hydrogen-bond acceptors (Lipinski definition) is 4. The second kappa shape index (κ2) is 6.97. The average Bonchev–Trinajstić information content (AvgIpc) is 2.31. The largest absolute Gasteiger partial charge is 0.461 e. The van der Waals surface area contributed by atoms with Crippen molar-refractivity contribution in [2.45, 2.75) is 13.8 Å². The maximum atomic E-state index is 11.3. The second-order valence-corrected chi connectivity index (χ2v) is 4.98. The lowest BCUT2D eigenvalue weighted by molar-refractivity contribution is -0.135. The molecule has 0 amide bonds. The van der Waals surface area contributed by atoms with Crippen LogP contribution in [0, 0.1) is 0 Å². The third-order valence-corrected chi connectivity index (χ3v) is 3.17. The third-order valence-electron chi connectivity index (χ3n) is 1.91. The zero-order valence-corrected chi connectivity index (χ0v) is 12.9. The van der Waals surface area contributed by atoms with Gasteiger partial charge in [-0.25, -0.2) is 4.79 Å². The summed E-state index contributed by atoms with van der Waals surface area (Å²) in [5, 5.41) is 4.60. The van der Waals surface area contributed by atoms with Crippen molar-refractivity contribution in [2.24, 2.45) is 5.10 Å². The summed E-state index contributed by atoms with van der Waals surface area (Å²) in [6, 6.07) is 3.37. The maximum absolute atomic E-state index is 11.3. The average molecular weight is 354 g/mol. The van der Waals surface area contributed by atoms with Crippen LogP contribution in [0.2, 0.25) is 10.0 Å². The first-order valence-electron chi connectivity index (χ1n) is 5.07. The van der Waals surface area contributed by atoms with Gasteiger partial charge in [0.15, 0.2) is 0 Å². The van der Waals surface area contributed by atoms with Crippen LogP contribution < -0.4 is 5.43 Å². The van der Waals surface area contributed by atoms with Crippen molar-refractivity contribution in [1.29, 1.82) is 0 Å². The highest BCUT2D eigenvalue weighted by Gasteiger charge is 2.09. The zero-order valence-electron chi connectivity index (χ0n) is 9.76. The Morgan fingerprint density at radius 1 is 1.50 bits per heavy atom. The molecule has 0 atom stereocenters. The number of carbonyl (C=O) groups is 1. The van der Waals surface area contributed by atoms with Crippen LogP contribution in [-0.2, 0) is 9.53 Å². The summed E-state index contributed by atoms with van der Waals surface area (Å²) in [5.74, 6) is -0.484. The maximum Gasteiger partial charge on any atom is 0.354 e. The highest BCUT2D eigenvalue weighted by atomic mass is 79.9. The fourth-order valence-electron chi connectivity index (χ4n) is 1.06. The molecule has 0 aliphatic carbocycles. The highest BCUT2D eigenvalue weighted by molar-refractivity contribution is 9.10. The molecule has 0 spiro atoms. The van der Waals surface area contributed by atoms with Crippen molar-refractivity contribution in [2.75, 3.05) is 12.0 Å². The minimum absolute atomic E-state index is 0.198. The number of hydrazone groups is 1. The molecule has 0 aliphatic heterocycles. The van der Waals surface area contributed by atoms with Gasteiger partial charge in [0.2, 0.25) is 0 Å². The van der Waals surface area contributed by atoms with Gasteiger partial charge in [-0.2, -0.15) is 5.10 Å². The number of ether oxygens (including phenoxy) is 1. The Balaban J connectivity index is 2.86. The molecular formula is C11H11BrCl2N2O2. The molecule has 0 fully saturated rings. The SMILES string of the molecule is CCOC(=O)/C(C)=N/Nc1cc(Br)cc(Cl)c1Cl. The van der Waals surface area contributed by atoms with E-state index in [-0.39, 0.29) is 5.71 Å². The third kappa shape index (κ3) is 4.15. The number of rotatable bonds is 4. The monoisotopic (exact) mass is 352 g/mol. The predicted octanol–water partition coefficient (Wildman–Crippen LogP) is 4.11. The summed E-state index contributed by atoms with van der Waals surface area (Å²) >= 11 is 15.2. The molecule has 98 valence electrons. The second-order valence-electron chi connectivity index (χ2n) is 3.28. The van der Waals surface area contributed by atoms with Crippen LogP contribution in [0.15, 0.2) is 21.7 Å². The molecule has 0 radical (unpaired) electrons. The first kappa shape index (κ1) is 15.3. The minimum Gasteiger partial charge on any atom is -0.461 e. The summed E-state index contributed by atoms with van der Waals surface area (Å²) in [5.41, 5.74) is 3.37. The van der Waals surface area contributed by atoms with Crippen LogP contribution in [0.4, 0.5) is 5.69 Å². The van der Waals surface area contributed by atoms with Gasteiger partial charge < -0.3 is 4.74 Å². The van der Waals surface area contributed by atoms with Gasteiger partial charge in [-0.05, 0) is 26.0 Å². The molecule has 0 saturated carbocycles. The molecule has 1 aromatic rings.